The fraction of sp³-hybridized carbons (Fsp3) is 0.600. The van der Waals surface area contributed by atoms with Gasteiger partial charge in [-0.25, -0.2) is 4.98 Å². The van der Waals surface area contributed by atoms with Crippen LogP contribution in [0.1, 0.15) is 24.4 Å². The highest BCUT2D eigenvalue weighted by Crippen LogP contribution is 2.11. The van der Waals surface area contributed by atoms with Crippen LogP contribution in [0.4, 0.5) is 0 Å². The fourth-order valence-corrected chi connectivity index (χ4v) is 1.80. The number of nitrogens with two attached hydrogens (primary N) is 1. The van der Waals surface area contributed by atoms with Crippen molar-refractivity contribution in [2.45, 2.75) is 33.4 Å². The second-order valence-electron chi connectivity index (χ2n) is 3.85. The first-order valence-electron chi connectivity index (χ1n) is 4.94. The number of aromatic nitrogens is 1. The van der Waals surface area contributed by atoms with Crippen LogP contribution in [0, 0.1) is 12.8 Å². The molecule has 1 aromatic rings. The lowest BCUT2D eigenvalue weighted by atomic mass is 10.1. The summed E-state index contributed by atoms with van der Waals surface area (Å²) in [6.07, 6.45) is 0. The Morgan fingerprint density at radius 2 is 2.33 bits per heavy atom. The van der Waals surface area contributed by atoms with Gasteiger partial charge in [0.15, 0.2) is 0 Å². The molecule has 0 saturated heterocycles. The van der Waals surface area contributed by atoms with Crippen molar-refractivity contribution < 1.29 is 4.79 Å². The van der Waals surface area contributed by atoms with Gasteiger partial charge < -0.3 is 11.1 Å². The molecule has 1 aromatic heterocycles. The normalized spacial score (nSPS) is 12.9. The Labute approximate surface area is 93.9 Å². The van der Waals surface area contributed by atoms with E-state index in [0.29, 0.717) is 6.54 Å². The zero-order chi connectivity index (χ0) is 11.4. The van der Waals surface area contributed by atoms with Gasteiger partial charge >= 0.3 is 0 Å². The highest BCUT2D eigenvalue weighted by Gasteiger charge is 2.16. The van der Waals surface area contributed by atoms with Crippen molar-refractivity contribution in [3.05, 3.63) is 16.1 Å². The monoisotopic (exact) mass is 227 g/mol. The Morgan fingerprint density at radius 1 is 1.67 bits per heavy atom. The van der Waals surface area contributed by atoms with Crippen LogP contribution in [0.2, 0.25) is 0 Å². The van der Waals surface area contributed by atoms with Crippen LogP contribution >= 0.6 is 11.3 Å². The van der Waals surface area contributed by atoms with Crippen molar-refractivity contribution in [1.29, 1.82) is 0 Å². The van der Waals surface area contributed by atoms with E-state index in [-0.39, 0.29) is 11.8 Å². The largest absolute Gasteiger partial charge is 0.350 e. The first-order chi connectivity index (χ1) is 7.02. The van der Waals surface area contributed by atoms with Crippen LogP contribution in [0.5, 0.6) is 0 Å². The zero-order valence-corrected chi connectivity index (χ0v) is 10.1. The van der Waals surface area contributed by atoms with E-state index in [0.717, 1.165) is 10.6 Å². The quantitative estimate of drug-likeness (QED) is 0.808. The molecule has 0 unspecified atom stereocenters. The smallest absolute Gasteiger partial charge is 0.237 e. The lowest BCUT2D eigenvalue weighted by Crippen LogP contribution is -2.43. The summed E-state index contributed by atoms with van der Waals surface area (Å²) in [4.78, 5) is 16.7. The molecule has 0 saturated carbocycles. The minimum atomic E-state index is -0.432. The number of hydrogen-bond acceptors (Lipinski definition) is 4. The maximum Gasteiger partial charge on any atom is 0.237 e. The van der Waals surface area contributed by atoms with Crippen LogP contribution < -0.4 is 11.1 Å². The van der Waals surface area contributed by atoms with Gasteiger partial charge in [0.2, 0.25) is 5.91 Å². The van der Waals surface area contributed by atoms with Gasteiger partial charge in [-0.15, -0.1) is 11.3 Å². The van der Waals surface area contributed by atoms with Crippen LogP contribution in [0.15, 0.2) is 5.51 Å². The van der Waals surface area contributed by atoms with Crippen molar-refractivity contribution >= 4 is 17.2 Å². The topological polar surface area (TPSA) is 68.0 Å². The summed E-state index contributed by atoms with van der Waals surface area (Å²) in [6, 6.07) is -0.432. The van der Waals surface area contributed by atoms with Gasteiger partial charge in [-0.2, -0.15) is 0 Å². The van der Waals surface area contributed by atoms with Crippen molar-refractivity contribution in [3.8, 4) is 0 Å². The summed E-state index contributed by atoms with van der Waals surface area (Å²) >= 11 is 1.54. The average Bonchev–Trinajstić information content (AvgIpc) is 2.59. The third-order valence-corrected chi connectivity index (χ3v) is 3.22. The molecule has 0 spiro atoms. The van der Waals surface area contributed by atoms with E-state index in [9.17, 15) is 4.79 Å². The first kappa shape index (κ1) is 12.1. The number of amides is 1. The van der Waals surface area contributed by atoms with E-state index in [1.165, 1.54) is 0 Å². The van der Waals surface area contributed by atoms with E-state index < -0.39 is 6.04 Å². The lowest BCUT2D eigenvalue weighted by Gasteiger charge is -2.14. The van der Waals surface area contributed by atoms with Gasteiger partial charge in [-0.3, -0.25) is 4.79 Å². The second-order valence-corrected chi connectivity index (χ2v) is 4.79. The summed E-state index contributed by atoms with van der Waals surface area (Å²) in [7, 11) is 0. The number of carbonyl (C=O) groups is 1. The molecule has 0 aliphatic heterocycles. The molecule has 1 atom stereocenters. The molecule has 0 aliphatic carbocycles. The van der Waals surface area contributed by atoms with Crippen LogP contribution in [0.3, 0.4) is 0 Å². The maximum absolute atomic E-state index is 11.5. The van der Waals surface area contributed by atoms with Crippen LogP contribution in [-0.4, -0.2) is 16.9 Å². The molecule has 5 heteroatoms. The molecular weight excluding hydrogens is 210 g/mol. The Kier molecular flexibility index (Phi) is 4.23. The van der Waals surface area contributed by atoms with E-state index in [2.05, 4.69) is 10.3 Å². The summed E-state index contributed by atoms with van der Waals surface area (Å²) in [6.45, 7) is 6.32. The van der Waals surface area contributed by atoms with Gasteiger partial charge in [0.1, 0.15) is 0 Å². The van der Waals surface area contributed by atoms with Crippen molar-refractivity contribution in [2.24, 2.45) is 11.7 Å². The molecule has 15 heavy (non-hydrogen) atoms. The van der Waals surface area contributed by atoms with Crippen molar-refractivity contribution in [1.82, 2.24) is 10.3 Å². The molecule has 4 nitrogen and oxygen atoms in total. The van der Waals surface area contributed by atoms with Gasteiger partial charge in [0.25, 0.3) is 0 Å². The second kappa shape index (κ2) is 5.23. The number of rotatable bonds is 4. The van der Waals surface area contributed by atoms with E-state index in [1.54, 1.807) is 16.8 Å². The Balaban J connectivity index is 2.44. The highest BCUT2D eigenvalue weighted by atomic mass is 32.1. The molecule has 0 aromatic carbocycles. The third-order valence-electron chi connectivity index (χ3n) is 2.29. The number of nitrogens with one attached hydrogen (secondary N) is 1. The molecule has 1 amide bonds. The Hall–Kier alpha value is -0.940. The maximum atomic E-state index is 11.5. The Morgan fingerprint density at radius 3 is 2.80 bits per heavy atom. The van der Waals surface area contributed by atoms with Crippen LogP contribution in [-0.2, 0) is 11.3 Å². The van der Waals surface area contributed by atoms with Gasteiger partial charge in [0, 0.05) is 4.88 Å². The van der Waals surface area contributed by atoms with Gasteiger partial charge in [0.05, 0.1) is 23.8 Å². The summed E-state index contributed by atoms with van der Waals surface area (Å²) in [5.74, 6) is 0.0605. The minimum Gasteiger partial charge on any atom is -0.350 e. The molecule has 0 bridgehead atoms. The van der Waals surface area contributed by atoms with E-state index >= 15 is 0 Å². The molecule has 1 rings (SSSR count). The fourth-order valence-electron chi connectivity index (χ4n) is 1.08. The number of thiazole rings is 1. The predicted molar refractivity (Wildman–Crippen MR) is 61.5 cm³/mol. The molecule has 0 fully saturated rings. The highest BCUT2D eigenvalue weighted by molar-refractivity contribution is 7.09. The molecule has 0 radical (unpaired) electrons. The number of hydrogen-bond donors (Lipinski definition) is 2. The van der Waals surface area contributed by atoms with Crippen molar-refractivity contribution in [3.63, 3.8) is 0 Å². The lowest BCUT2D eigenvalue weighted by molar-refractivity contribution is -0.123. The Bertz CT molecular complexity index is 335. The van der Waals surface area contributed by atoms with Gasteiger partial charge in [-0.1, -0.05) is 13.8 Å². The van der Waals surface area contributed by atoms with E-state index in [4.69, 9.17) is 5.73 Å². The molecular formula is C10H17N3OS. The number of aryl methyl sites for hydroxylation is 1. The standard InChI is InChI=1S/C10H17N3OS/c1-6(2)9(11)10(14)12-4-8-7(3)13-5-15-8/h5-6,9H,4,11H2,1-3H3,(H,12,14)/t9-/m0/s1. The average molecular weight is 227 g/mol. The summed E-state index contributed by atoms with van der Waals surface area (Å²) in [5, 5.41) is 2.81. The molecule has 3 N–H and O–H groups in total. The summed E-state index contributed by atoms with van der Waals surface area (Å²) < 4.78 is 0. The SMILES string of the molecule is Cc1ncsc1CNC(=O)[C@@H](N)C(C)C. The van der Waals surface area contributed by atoms with Gasteiger partial charge in [-0.05, 0) is 12.8 Å². The summed E-state index contributed by atoms with van der Waals surface area (Å²) in [5.41, 5.74) is 8.46. The third kappa shape index (κ3) is 3.28. The molecule has 1 heterocycles. The number of nitrogens with zero attached hydrogens (tertiary/aromatic N) is 1. The minimum absolute atomic E-state index is 0.0993. The first-order valence-corrected chi connectivity index (χ1v) is 5.82. The molecule has 0 aliphatic rings. The predicted octanol–water partition coefficient (Wildman–Crippen LogP) is 1.05. The zero-order valence-electron chi connectivity index (χ0n) is 9.28. The number of carbonyl (C=O) groups excluding carboxylic acids is 1. The van der Waals surface area contributed by atoms with Crippen molar-refractivity contribution in [2.75, 3.05) is 0 Å². The van der Waals surface area contributed by atoms with E-state index in [1.807, 2.05) is 20.8 Å². The van der Waals surface area contributed by atoms with Crippen LogP contribution in [0.25, 0.3) is 0 Å². The molecule has 84 valence electrons.